The van der Waals surface area contributed by atoms with E-state index in [4.69, 9.17) is 5.73 Å². The molecule has 6 rings (SSSR count). The zero-order valence-electron chi connectivity index (χ0n) is 24.0. The molecule has 3 fully saturated rings. The Labute approximate surface area is 246 Å². The van der Waals surface area contributed by atoms with Gasteiger partial charge >= 0.3 is 0 Å². The Morgan fingerprint density at radius 2 is 1.95 bits per heavy atom. The highest BCUT2D eigenvalue weighted by atomic mass is 16.3. The van der Waals surface area contributed by atoms with Crippen molar-refractivity contribution in [3.8, 4) is 28.8 Å². The molecule has 10 heteroatoms. The largest absolute Gasteiger partial charge is 0.507 e. The molecule has 4 N–H and O–H groups in total. The molecule has 0 aliphatic carbocycles. The normalized spacial score (nSPS) is 23.5. The number of hydrogen-bond donors (Lipinski definition) is 3. The van der Waals surface area contributed by atoms with Crippen LogP contribution in [0.15, 0.2) is 60.8 Å². The fourth-order valence-electron chi connectivity index (χ4n) is 6.68. The predicted molar refractivity (Wildman–Crippen MR) is 164 cm³/mol. The van der Waals surface area contributed by atoms with E-state index in [-0.39, 0.29) is 11.7 Å². The number of rotatable bonds is 5. The second-order valence-corrected chi connectivity index (χ2v) is 11.6. The van der Waals surface area contributed by atoms with E-state index >= 15 is 0 Å². The molecule has 3 aliphatic rings. The van der Waals surface area contributed by atoms with Crippen LogP contribution in [0, 0.1) is 11.8 Å². The van der Waals surface area contributed by atoms with Crippen LogP contribution in [0.2, 0.25) is 0 Å². The maximum absolute atomic E-state index is 12.6. The number of piperazine rings is 1. The summed E-state index contributed by atoms with van der Waals surface area (Å²) in [6, 6.07) is 13.8. The van der Waals surface area contributed by atoms with Gasteiger partial charge in [0.2, 0.25) is 5.91 Å². The average molecular weight is 565 g/mol. The Bertz CT molecular complexity index is 1580. The molecule has 1 amide bonds. The monoisotopic (exact) mass is 564 g/mol. The van der Waals surface area contributed by atoms with Crippen molar-refractivity contribution in [3.63, 3.8) is 0 Å². The van der Waals surface area contributed by atoms with E-state index in [1.54, 1.807) is 19.2 Å². The molecular formula is C32H36N8O2. The Morgan fingerprint density at radius 3 is 2.69 bits per heavy atom. The number of pyridine rings is 1. The fraction of sp³-hybridized carbons (Fsp3) is 0.375. The fourth-order valence-corrected chi connectivity index (χ4v) is 6.68. The van der Waals surface area contributed by atoms with Crippen molar-refractivity contribution in [2.45, 2.75) is 43.8 Å². The number of amides is 1. The lowest BCUT2D eigenvalue weighted by Crippen LogP contribution is -2.54. The molecule has 0 spiro atoms. The number of hydrogen-bond acceptors (Lipinski definition) is 9. The molecule has 3 aromatic rings. The molecular weight excluding hydrogens is 528 g/mol. The third-order valence-electron chi connectivity index (χ3n) is 8.76. The van der Waals surface area contributed by atoms with Gasteiger partial charge in [-0.15, -0.1) is 10.2 Å². The molecule has 1 aromatic carbocycles. The van der Waals surface area contributed by atoms with Crippen LogP contribution in [0.5, 0.6) is 5.75 Å². The molecule has 3 unspecified atom stereocenters. The van der Waals surface area contributed by atoms with Crippen LogP contribution in [0.4, 0.5) is 17.2 Å². The highest BCUT2D eigenvalue weighted by Crippen LogP contribution is 2.39. The second-order valence-electron chi connectivity index (χ2n) is 11.6. The van der Waals surface area contributed by atoms with Gasteiger partial charge in [-0.3, -0.25) is 9.69 Å². The number of carbonyl (C=O) groups is 1. The van der Waals surface area contributed by atoms with Crippen molar-refractivity contribution in [2.75, 3.05) is 48.8 Å². The number of benzene rings is 1. The maximum Gasteiger partial charge on any atom is 0.240 e. The number of nitrogens with one attached hydrogen (secondary N) is 1. The van der Waals surface area contributed by atoms with Crippen molar-refractivity contribution in [2.24, 2.45) is 0 Å². The maximum atomic E-state index is 12.6. The first kappa shape index (κ1) is 27.5. The molecule has 2 bridgehead atoms. The van der Waals surface area contributed by atoms with Crippen LogP contribution in [-0.4, -0.2) is 81.9 Å². The summed E-state index contributed by atoms with van der Waals surface area (Å²) in [5.74, 6) is 7.00. The average Bonchev–Trinajstić information content (AvgIpc) is 3.43. The number of nitrogens with zero attached hydrogens (tertiary/aromatic N) is 6. The summed E-state index contributed by atoms with van der Waals surface area (Å²) in [5, 5.41) is 21.6. The third-order valence-corrected chi connectivity index (χ3v) is 8.76. The second kappa shape index (κ2) is 11.0. The number of aromatic nitrogens is 3. The summed E-state index contributed by atoms with van der Waals surface area (Å²) >= 11 is 0. The summed E-state index contributed by atoms with van der Waals surface area (Å²) in [6.45, 7) is 8.77. The topological polar surface area (TPSA) is 124 Å². The minimum atomic E-state index is -0.634. The number of phenols is 1. The number of phenolic OH excluding ortho intramolecular Hbond substituents is 1. The lowest BCUT2D eigenvalue weighted by Gasteiger charge is -2.43. The van der Waals surface area contributed by atoms with Crippen LogP contribution in [0.3, 0.4) is 0 Å². The Hall–Kier alpha value is -4.62. The summed E-state index contributed by atoms with van der Waals surface area (Å²) < 4.78 is 0. The minimum absolute atomic E-state index is 0.0172. The number of aromatic hydroxyl groups is 1. The first-order chi connectivity index (χ1) is 20.3. The van der Waals surface area contributed by atoms with Crippen LogP contribution >= 0.6 is 0 Å². The van der Waals surface area contributed by atoms with E-state index in [0.29, 0.717) is 54.4 Å². The standard InChI is InChI=1S/C32H36N8O2/c1-21-17-32(2,31(42)34-3)39(18-21)14-6-7-22-15-23(12-13-35-22)40-24-10-11-25(40)20-38(19-24)28-16-27(36-37-30(28)33)26-8-4-5-9-29(26)41/h4-5,8-9,12-13,15-16,24-25,41H,1,10-11,14,17-20H2,2-3H3,(H2,33,37)(H,34,42). The van der Waals surface area contributed by atoms with Crippen LogP contribution in [-0.2, 0) is 4.79 Å². The van der Waals surface area contributed by atoms with E-state index in [2.05, 4.69) is 65.8 Å². The highest BCUT2D eigenvalue weighted by Gasteiger charge is 2.44. The molecule has 0 saturated carbocycles. The van der Waals surface area contributed by atoms with E-state index < -0.39 is 5.54 Å². The summed E-state index contributed by atoms with van der Waals surface area (Å²) in [4.78, 5) is 23.9. The summed E-state index contributed by atoms with van der Waals surface area (Å²) in [6.07, 6.45) is 4.60. The smallest absolute Gasteiger partial charge is 0.240 e. The summed E-state index contributed by atoms with van der Waals surface area (Å²) in [7, 11) is 1.66. The molecule has 3 aliphatic heterocycles. The highest BCUT2D eigenvalue weighted by molar-refractivity contribution is 5.86. The Balaban J connectivity index is 1.18. The van der Waals surface area contributed by atoms with Gasteiger partial charge in [-0.1, -0.05) is 30.2 Å². The van der Waals surface area contributed by atoms with Crippen molar-refractivity contribution in [3.05, 3.63) is 66.5 Å². The van der Waals surface area contributed by atoms with Crippen LogP contribution in [0.1, 0.15) is 31.9 Å². The SMILES string of the molecule is C=C1CN(CC#Cc2cc(N3C4CCC3CN(c3cc(-c5ccccc5O)nnc3N)C4)ccn2)C(C)(C(=O)NC)C1. The van der Waals surface area contributed by atoms with Crippen molar-refractivity contribution in [1.29, 1.82) is 0 Å². The van der Waals surface area contributed by atoms with Gasteiger partial charge in [-0.2, -0.15) is 0 Å². The molecule has 2 aromatic heterocycles. The van der Waals surface area contributed by atoms with Gasteiger partial charge < -0.3 is 26.0 Å². The minimum Gasteiger partial charge on any atom is -0.507 e. The Morgan fingerprint density at radius 1 is 1.19 bits per heavy atom. The van der Waals surface area contributed by atoms with Gasteiger partial charge in [-0.05, 0) is 62.4 Å². The first-order valence-electron chi connectivity index (χ1n) is 14.3. The van der Waals surface area contributed by atoms with Crippen molar-refractivity contribution in [1.82, 2.24) is 25.4 Å². The van der Waals surface area contributed by atoms with Gasteiger partial charge in [-0.25, -0.2) is 4.98 Å². The zero-order valence-corrected chi connectivity index (χ0v) is 24.0. The molecule has 42 heavy (non-hydrogen) atoms. The zero-order chi connectivity index (χ0) is 29.4. The Kier molecular flexibility index (Phi) is 7.21. The van der Waals surface area contributed by atoms with Crippen molar-refractivity contribution < 1.29 is 9.90 Å². The number of para-hydroxylation sites is 1. The number of nitrogen functional groups attached to an aromatic ring is 1. The van der Waals surface area contributed by atoms with Gasteiger partial charge in [0.1, 0.15) is 17.0 Å². The van der Waals surface area contributed by atoms with E-state index in [0.717, 1.165) is 42.9 Å². The molecule has 3 saturated heterocycles. The number of likely N-dealkylation sites (tertiary alicyclic amines) is 1. The van der Waals surface area contributed by atoms with Crippen LogP contribution in [0.25, 0.3) is 11.3 Å². The van der Waals surface area contributed by atoms with Gasteiger partial charge in [0, 0.05) is 56.2 Å². The third kappa shape index (κ3) is 5.01. The molecule has 5 heterocycles. The lowest BCUT2D eigenvalue weighted by atomic mass is 9.96. The lowest BCUT2D eigenvalue weighted by molar-refractivity contribution is -0.130. The summed E-state index contributed by atoms with van der Waals surface area (Å²) in [5.41, 5.74) is 10.6. The number of fused-ring (bicyclic) bond motifs is 2. The quantitative estimate of drug-likeness (QED) is 0.317. The van der Waals surface area contributed by atoms with E-state index in [9.17, 15) is 9.90 Å². The van der Waals surface area contributed by atoms with E-state index in [1.807, 2.05) is 31.3 Å². The molecule has 0 radical (unpaired) electrons. The van der Waals surface area contributed by atoms with Gasteiger partial charge in [0.05, 0.1) is 17.9 Å². The molecule has 10 nitrogen and oxygen atoms in total. The van der Waals surface area contributed by atoms with Gasteiger partial charge in [0.15, 0.2) is 5.82 Å². The first-order valence-corrected chi connectivity index (χ1v) is 14.3. The van der Waals surface area contributed by atoms with E-state index in [1.165, 1.54) is 0 Å². The predicted octanol–water partition coefficient (Wildman–Crippen LogP) is 2.80. The molecule has 3 atom stereocenters. The molecule has 216 valence electrons. The number of carbonyl (C=O) groups excluding carboxylic acids is 1. The van der Waals surface area contributed by atoms with Crippen LogP contribution < -0.4 is 20.9 Å². The number of nitrogens with two attached hydrogens (primary N) is 1. The van der Waals surface area contributed by atoms with Crippen molar-refractivity contribution >= 4 is 23.1 Å². The van der Waals surface area contributed by atoms with Gasteiger partial charge in [0.25, 0.3) is 0 Å². The number of anilines is 3. The number of likely N-dealkylation sites (N-methyl/N-ethyl adjacent to an activating group) is 1.